The first kappa shape index (κ1) is 24.7. The molecule has 3 heterocycles. The van der Waals surface area contributed by atoms with E-state index in [4.69, 9.17) is 26.7 Å². The van der Waals surface area contributed by atoms with Gasteiger partial charge < -0.3 is 4.90 Å². The molecule has 2 aromatic carbocycles. The Balaban J connectivity index is 1.50. The van der Waals surface area contributed by atoms with Crippen molar-refractivity contribution in [2.24, 2.45) is 0 Å². The number of benzene rings is 2. The molecule has 1 aliphatic heterocycles. The van der Waals surface area contributed by atoms with Gasteiger partial charge in [0, 0.05) is 37.1 Å². The highest BCUT2D eigenvalue weighted by Gasteiger charge is 2.31. The van der Waals surface area contributed by atoms with Gasteiger partial charge in [0.05, 0.1) is 21.7 Å². The number of sulfonamides is 1. The van der Waals surface area contributed by atoms with Crippen LogP contribution in [0.25, 0.3) is 16.7 Å². The van der Waals surface area contributed by atoms with Crippen molar-refractivity contribution in [3.63, 3.8) is 0 Å². The van der Waals surface area contributed by atoms with Crippen LogP contribution >= 0.6 is 11.6 Å². The monoisotopic (exact) mass is 524 g/mol. The zero-order chi connectivity index (χ0) is 25.6. The van der Waals surface area contributed by atoms with Crippen LogP contribution in [0.5, 0.6) is 0 Å². The van der Waals surface area contributed by atoms with Crippen molar-refractivity contribution in [3.8, 4) is 5.69 Å². The van der Waals surface area contributed by atoms with E-state index in [9.17, 15) is 8.42 Å². The maximum atomic E-state index is 13.2. The molecule has 0 unspecified atom stereocenters. The Morgan fingerprint density at radius 3 is 2.14 bits per heavy atom. The quantitative estimate of drug-likeness (QED) is 0.375. The van der Waals surface area contributed by atoms with Crippen molar-refractivity contribution in [3.05, 3.63) is 70.6 Å². The molecular formula is C26H29ClN6O2S. The minimum absolute atomic E-state index is 0.126. The predicted molar refractivity (Wildman–Crippen MR) is 143 cm³/mol. The molecule has 1 saturated heterocycles. The number of anilines is 1. The van der Waals surface area contributed by atoms with Gasteiger partial charge in [-0.3, -0.25) is 0 Å². The fraction of sp³-hybridized carbons (Fsp3) is 0.346. The van der Waals surface area contributed by atoms with E-state index in [1.165, 1.54) is 9.87 Å². The van der Waals surface area contributed by atoms with Crippen LogP contribution in [0.1, 0.15) is 36.8 Å². The smallest absolute Gasteiger partial charge is 0.243 e. The molecule has 36 heavy (non-hydrogen) atoms. The summed E-state index contributed by atoms with van der Waals surface area (Å²) in [6.45, 7) is 9.92. The van der Waals surface area contributed by atoms with Crippen LogP contribution < -0.4 is 4.90 Å². The summed E-state index contributed by atoms with van der Waals surface area (Å²) in [6, 6.07) is 14.5. The topological polar surface area (TPSA) is 84.2 Å². The van der Waals surface area contributed by atoms with Crippen molar-refractivity contribution in [2.75, 3.05) is 31.1 Å². The Hall–Kier alpha value is -3.01. The number of halogens is 1. The molecule has 0 atom stereocenters. The van der Waals surface area contributed by atoms with Gasteiger partial charge in [0.15, 0.2) is 5.65 Å². The van der Waals surface area contributed by atoms with Gasteiger partial charge >= 0.3 is 0 Å². The van der Waals surface area contributed by atoms with Gasteiger partial charge in [-0.2, -0.15) is 9.40 Å². The number of nitrogens with zero attached hydrogens (tertiary/aromatic N) is 6. The van der Waals surface area contributed by atoms with Gasteiger partial charge in [-0.15, -0.1) is 0 Å². The van der Waals surface area contributed by atoms with Gasteiger partial charge in [-0.25, -0.2) is 23.1 Å². The van der Waals surface area contributed by atoms with E-state index >= 15 is 0 Å². The SMILES string of the molecule is Cc1ccc(-n2nc(C)c3c(N4CCN(S(=O)(=O)c5ccc(Cl)cc5)CC4)nc(C(C)C)nc32)cc1. The second-order valence-electron chi connectivity index (χ2n) is 9.44. The maximum absolute atomic E-state index is 13.2. The van der Waals surface area contributed by atoms with Crippen LogP contribution in [0.2, 0.25) is 5.02 Å². The Bertz CT molecular complexity index is 1510. The van der Waals surface area contributed by atoms with E-state index < -0.39 is 10.0 Å². The Kier molecular flexibility index (Phi) is 6.48. The van der Waals surface area contributed by atoms with Crippen molar-refractivity contribution in [2.45, 2.75) is 38.5 Å². The van der Waals surface area contributed by atoms with Crippen LogP contribution in [-0.2, 0) is 10.0 Å². The van der Waals surface area contributed by atoms with Crippen LogP contribution in [0.15, 0.2) is 53.4 Å². The lowest BCUT2D eigenvalue weighted by atomic mass is 10.2. The van der Waals surface area contributed by atoms with E-state index in [0.29, 0.717) is 31.2 Å². The number of hydrogen-bond donors (Lipinski definition) is 0. The molecule has 0 N–H and O–H groups in total. The molecule has 0 spiro atoms. The third kappa shape index (κ3) is 4.47. The highest BCUT2D eigenvalue weighted by Crippen LogP contribution is 2.32. The molecule has 10 heteroatoms. The lowest BCUT2D eigenvalue weighted by Crippen LogP contribution is -2.49. The molecule has 188 valence electrons. The van der Waals surface area contributed by atoms with Gasteiger partial charge in [0.2, 0.25) is 10.0 Å². The van der Waals surface area contributed by atoms with Crippen molar-refractivity contribution < 1.29 is 8.42 Å². The summed E-state index contributed by atoms with van der Waals surface area (Å²) in [5, 5.41) is 6.22. The van der Waals surface area contributed by atoms with Gasteiger partial charge in [0.25, 0.3) is 0 Å². The fourth-order valence-corrected chi connectivity index (χ4v) is 5.98. The van der Waals surface area contributed by atoms with Crippen molar-refractivity contribution in [1.82, 2.24) is 24.1 Å². The second-order valence-corrected chi connectivity index (χ2v) is 11.8. The van der Waals surface area contributed by atoms with Crippen LogP contribution in [0.3, 0.4) is 0 Å². The standard InChI is InChI=1S/C26H29ClN6O2S/c1-17(2)24-28-25(23-19(4)30-33(26(23)29-24)21-9-5-18(3)6-10-21)31-13-15-32(16-14-31)36(34,35)22-11-7-20(27)8-12-22/h5-12,17H,13-16H2,1-4H3. The number of rotatable bonds is 5. The zero-order valence-electron chi connectivity index (χ0n) is 20.8. The van der Waals surface area contributed by atoms with E-state index in [1.807, 2.05) is 23.7 Å². The van der Waals surface area contributed by atoms with Gasteiger partial charge in [0.1, 0.15) is 11.6 Å². The minimum atomic E-state index is -3.59. The maximum Gasteiger partial charge on any atom is 0.243 e. The average Bonchev–Trinajstić information content (AvgIpc) is 3.20. The number of hydrogen-bond acceptors (Lipinski definition) is 6. The summed E-state index contributed by atoms with van der Waals surface area (Å²) in [5.41, 5.74) is 3.72. The normalized spacial score (nSPS) is 15.2. The summed E-state index contributed by atoms with van der Waals surface area (Å²) >= 11 is 5.94. The summed E-state index contributed by atoms with van der Waals surface area (Å²) in [7, 11) is -3.59. The van der Waals surface area contributed by atoms with Gasteiger partial charge in [-0.05, 0) is 50.2 Å². The lowest BCUT2D eigenvalue weighted by molar-refractivity contribution is 0.384. The zero-order valence-corrected chi connectivity index (χ0v) is 22.4. The number of aryl methyl sites for hydroxylation is 2. The Labute approximate surface area is 216 Å². The van der Waals surface area contributed by atoms with Crippen LogP contribution in [0, 0.1) is 13.8 Å². The summed E-state index contributed by atoms with van der Waals surface area (Å²) in [4.78, 5) is 12.2. The highest BCUT2D eigenvalue weighted by molar-refractivity contribution is 7.89. The summed E-state index contributed by atoms with van der Waals surface area (Å²) < 4.78 is 29.7. The van der Waals surface area contributed by atoms with E-state index in [1.54, 1.807) is 24.3 Å². The molecule has 1 aliphatic rings. The Morgan fingerprint density at radius 1 is 0.889 bits per heavy atom. The molecule has 2 aromatic heterocycles. The highest BCUT2D eigenvalue weighted by atomic mass is 35.5. The molecular weight excluding hydrogens is 496 g/mol. The average molecular weight is 525 g/mol. The first-order valence-corrected chi connectivity index (χ1v) is 13.8. The second kappa shape index (κ2) is 9.46. The molecule has 8 nitrogen and oxygen atoms in total. The van der Waals surface area contributed by atoms with Crippen LogP contribution in [-0.4, -0.2) is 58.7 Å². The minimum Gasteiger partial charge on any atom is -0.353 e. The number of fused-ring (bicyclic) bond motifs is 1. The third-order valence-corrected chi connectivity index (χ3v) is 8.65. The molecule has 5 rings (SSSR count). The summed E-state index contributed by atoms with van der Waals surface area (Å²) in [5.74, 6) is 1.67. The summed E-state index contributed by atoms with van der Waals surface area (Å²) in [6.07, 6.45) is 0. The fourth-order valence-electron chi connectivity index (χ4n) is 4.43. The molecule has 1 fully saturated rings. The van der Waals surface area contributed by atoms with E-state index in [0.717, 1.165) is 34.1 Å². The first-order chi connectivity index (χ1) is 17.1. The molecule has 0 bridgehead atoms. The van der Waals surface area contributed by atoms with Crippen LogP contribution in [0.4, 0.5) is 5.82 Å². The lowest BCUT2D eigenvalue weighted by Gasteiger charge is -2.35. The Morgan fingerprint density at radius 2 is 1.53 bits per heavy atom. The largest absolute Gasteiger partial charge is 0.353 e. The van der Waals surface area contributed by atoms with E-state index in [2.05, 4.69) is 37.8 Å². The van der Waals surface area contributed by atoms with E-state index in [-0.39, 0.29) is 10.8 Å². The number of piperazine rings is 1. The first-order valence-electron chi connectivity index (χ1n) is 12.0. The predicted octanol–water partition coefficient (Wildman–Crippen LogP) is 4.72. The van der Waals surface area contributed by atoms with Crippen molar-refractivity contribution >= 4 is 38.5 Å². The van der Waals surface area contributed by atoms with Crippen molar-refractivity contribution in [1.29, 1.82) is 0 Å². The number of aromatic nitrogens is 4. The molecule has 0 amide bonds. The molecule has 0 saturated carbocycles. The van der Waals surface area contributed by atoms with Gasteiger partial charge in [-0.1, -0.05) is 43.1 Å². The molecule has 0 radical (unpaired) electrons. The molecule has 4 aromatic rings. The molecule has 0 aliphatic carbocycles. The third-order valence-electron chi connectivity index (χ3n) is 6.49.